The quantitative estimate of drug-likeness (QED) is 0.723. The summed E-state index contributed by atoms with van der Waals surface area (Å²) in [6.07, 6.45) is 0. The van der Waals surface area contributed by atoms with E-state index in [-0.39, 0.29) is 12.5 Å². The van der Waals surface area contributed by atoms with Gasteiger partial charge in [-0.05, 0) is 30.3 Å². The summed E-state index contributed by atoms with van der Waals surface area (Å²) < 4.78 is 11.7. The molecule has 5 nitrogen and oxygen atoms in total. The first-order valence-electron chi connectivity index (χ1n) is 9.33. The molecule has 142 valence electrons. The minimum atomic E-state index is -0.0801. The number of nitrogens with zero attached hydrogens (tertiary/aromatic N) is 1. The zero-order valence-electron chi connectivity index (χ0n) is 15.5. The van der Waals surface area contributed by atoms with Crippen molar-refractivity contribution >= 4 is 11.6 Å². The molecule has 0 aromatic heterocycles. The summed E-state index contributed by atoms with van der Waals surface area (Å²) in [7, 11) is 0. The highest BCUT2D eigenvalue weighted by molar-refractivity contribution is 5.93. The highest BCUT2D eigenvalue weighted by atomic mass is 16.5. The Labute approximate surface area is 164 Å². The second-order valence-electron chi connectivity index (χ2n) is 6.63. The minimum Gasteiger partial charge on any atom is -0.492 e. The van der Waals surface area contributed by atoms with Crippen LogP contribution in [0, 0.1) is 0 Å². The number of hydrogen-bond donors (Lipinski definition) is 1. The van der Waals surface area contributed by atoms with Gasteiger partial charge in [-0.1, -0.05) is 48.5 Å². The Kier molecular flexibility index (Phi) is 5.54. The highest BCUT2D eigenvalue weighted by Gasteiger charge is 2.18. The van der Waals surface area contributed by atoms with E-state index in [1.54, 1.807) is 0 Å². The first-order chi connectivity index (χ1) is 13.8. The van der Waals surface area contributed by atoms with Gasteiger partial charge in [-0.3, -0.25) is 9.69 Å². The molecule has 0 spiro atoms. The van der Waals surface area contributed by atoms with Gasteiger partial charge in [0.2, 0.25) is 5.91 Å². The van der Waals surface area contributed by atoms with Crippen LogP contribution in [0.15, 0.2) is 78.9 Å². The van der Waals surface area contributed by atoms with Crippen molar-refractivity contribution in [2.45, 2.75) is 6.54 Å². The summed E-state index contributed by atoms with van der Waals surface area (Å²) in [5.41, 5.74) is 1.75. The van der Waals surface area contributed by atoms with E-state index in [2.05, 4.69) is 10.2 Å². The Morgan fingerprint density at radius 2 is 1.71 bits per heavy atom. The van der Waals surface area contributed by atoms with Crippen molar-refractivity contribution in [3.05, 3.63) is 84.4 Å². The van der Waals surface area contributed by atoms with Crippen molar-refractivity contribution in [3.63, 3.8) is 0 Å². The number of nitrogens with one attached hydrogen (secondary N) is 1. The van der Waals surface area contributed by atoms with Gasteiger partial charge in [0.15, 0.2) is 5.75 Å². The molecule has 0 fully saturated rings. The zero-order valence-corrected chi connectivity index (χ0v) is 15.5. The number of rotatable bonds is 5. The third-order valence-electron chi connectivity index (χ3n) is 4.53. The van der Waals surface area contributed by atoms with Crippen molar-refractivity contribution in [2.24, 2.45) is 0 Å². The average molecular weight is 374 g/mol. The molecule has 1 N–H and O–H groups in total. The van der Waals surface area contributed by atoms with Crippen LogP contribution in [0.3, 0.4) is 0 Å². The number of anilines is 1. The third-order valence-corrected chi connectivity index (χ3v) is 4.53. The summed E-state index contributed by atoms with van der Waals surface area (Å²) in [6.45, 7) is 2.24. The van der Waals surface area contributed by atoms with Crippen molar-refractivity contribution in [3.8, 4) is 17.2 Å². The summed E-state index contributed by atoms with van der Waals surface area (Å²) in [6, 6.07) is 24.9. The molecule has 0 atom stereocenters. The van der Waals surface area contributed by atoms with Crippen molar-refractivity contribution < 1.29 is 14.3 Å². The minimum absolute atomic E-state index is 0.0801. The predicted octanol–water partition coefficient (Wildman–Crippen LogP) is 4.31. The first kappa shape index (κ1) is 18.1. The molecule has 3 aromatic carbocycles. The molecule has 1 aliphatic rings. The smallest absolute Gasteiger partial charge is 0.238 e. The maximum absolute atomic E-state index is 12.7. The van der Waals surface area contributed by atoms with Crippen LogP contribution in [0.1, 0.15) is 5.56 Å². The number of ether oxygens (including phenoxy) is 2. The summed E-state index contributed by atoms with van der Waals surface area (Å²) in [4.78, 5) is 14.7. The predicted molar refractivity (Wildman–Crippen MR) is 109 cm³/mol. The van der Waals surface area contributed by atoms with Crippen LogP contribution in [-0.2, 0) is 11.3 Å². The van der Waals surface area contributed by atoms with Crippen LogP contribution in [0.2, 0.25) is 0 Å². The number of carbonyl (C=O) groups is 1. The lowest BCUT2D eigenvalue weighted by Gasteiger charge is -2.19. The number of benzene rings is 3. The van der Waals surface area contributed by atoms with Crippen LogP contribution < -0.4 is 14.8 Å². The number of hydrogen-bond acceptors (Lipinski definition) is 4. The van der Waals surface area contributed by atoms with Crippen LogP contribution in [-0.4, -0.2) is 30.5 Å². The molecule has 0 unspecified atom stereocenters. The van der Waals surface area contributed by atoms with Gasteiger partial charge in [0, 0.05) is 18.7 Å². The maximum Gasteiger partial charge on any atom is 0.238 e. The maximum atomic E-state index is 12.7. The normalized spacial score (nSPS) is 13.7. The molecule has 0 saturated heterocycles. The fourth-order valence-corrected chi connectivity index (χ4v) is 3.18. The van der Waals surface area contributed by atoms with Gasteiger partial charge in [0.25, 0.3) is 0 Å². The number of amides is 1. The lowest BCUT2D eigenvalue weighted by Crippen LogP contribution is -2.34. The Hall–Kier alpha value is -3.31. The third kappa shape index (κ3) is 4.50. The second-order valence-corrected chi connectivity index (χ2v) is 6.63. The first-order valence-corrected chi connectivity index (χ1v) is 9.33. The monoisotopic (exact) mass is 374 g/mol. The molecule has 0 saturated carbocycles. The lowest BCUT2D eigenvalue weighted by atomic mass is 10.2. The Morgan fingerprint density at radius 3 is 2.61 bits per heavy atom. The molecule has 4 rings (SSSR count). The number of para-hydroxylation sites is 4. The molecule has 0 radical (unpaired) electrons. The van der Waals surface area contributed by atoms with Gasteiger partial charge in [0.05, 0.1) is 12.2 Å². The summed E-state index contributed by atoms with van der Waals surface area (Å²) in [5.74, 6) is 2.16. The Morgan fingerprint density at radius 1 is 0.964 bits per heavy atom. The standard InChI is InChI=1S/C23H22N2O3/c26-23(17-25-14-15-27-21-12-6-4-8-18(21)16-25)24-20-11-5-7-13-22(20)28-19-9-2-1-3-10-19/h1-13H,14-17H2,(H,24,26). The number of fused-ring (bicyclic) bond motifs is 1. The fourth-order valence-electron chi connectivity index (χ4n) is 3.18. The number of carbonyl (C=O) groups excluding carboxylic acids is 1. The van der Waals surface area contributed by atoms with Gasteiger partial charge in [-0.25, -0.2) is 0 Å². The van der Waals surface area contributed by atoms with E-state index < -0.39 is 0 Å². The van der Waals surface area contributed by atoms with E-state index >= 15 is 0 Å². The van der Waals surface area contributed by atoms with Crippen LogP contribution in [0.4, 0.5) is 5.69 Å². The molecule has 1 aliphatic heterocycles. The molecule has 1 amide bonds. The SMILES string of the molecule is O=C(CN1CCOc2ccccc2C1)Nc1ccccc1Oc1ccccc1. The van der Waals surface area contributed by atoms with Gasteiger partial charge in [0.1, 0.15) is 18.1 Å². The largest absolute Gasteiger partial charge is 0.492 e. The van der Waals surface area contributed by atoms with Crippen LogP contribution >= 0.6 is 0 Å². The molecule has 5 heteroatoms. The Balaban J connectivity index is 1.42. The summed E-state index contributed by atoms with van der Waals surface area (Å²) >= 11 is 0. The van der Waals surface area contributed by atoms with E-state index in [1.165, 1.54) is 0 Å². The van der Waals surface area contributed by atoms with Crippen molar-refractivity contribution in [1.29, 1.82) is 0 Å². The van der Waals surface area contributed by atoms with E-state index in [0.717, 1.165) is 17.1 Å². The van der Waals surface area contributed by atoms with Gasteiger partial charge in [-0.15, -0.1) is 0 Å². The average Bonchev–Trinajstić information content (AvgIpc) is 2.92. The highest BCUT2D eigenvalue weighted by Crippen LogP contribution is 2.29. The molecular formula is C23H22N2O3. The van der Waals surface area contributed by atoms with Crippen LogP contribution in [0.5, 0.6) is 17.2 Å². The fraction of sp³-hybridized carbons (Fsp3) is 0.174. The molecule has 0 bridgehead atoms. The lowest BCUT2D eigenvalue weighted by molar-refractivity contribution is -0.117. The van der Waals surface area contributed by atoms with Gasteiger partial charge in [-0.2, -0.15) is 0 Å². The molecule has 3 aromatic rings. The van der Waals surface area contributed by atoms with E-state index in [4.69, 9.17) is 9.47 Å². The van der Waals surface area contributed by atoms with E-state index in [1.807, 2.05) is 78.9 Å². The topological polar surface area (TPSA) is 50.8 Å². The van der Waals surface area contributed by atoms with Crippen molar-refractivity contribution in [1.82, 2.24) is 4.90 Å². The second kappa shape index (κ2) is 8.59. The van der Waals surface area contributed by atoms with E-state index in [9.17, 15) is 4.79 Å². The molecule has 1 heterocycles. The zero-order chi connectivity index (χ0) is 19.2. The van der Waals surface area contributed by atoms with Gasteiger partial charge < -0.3 is 14.8 Å². The van der Waals surface area contributed by atoms with Crippen LogP contribution in [0.25, 0.3) is 0 Å². The van der Waals surface area contributed by atoms with Crippen molar-refractivity contribution in [2.75, 3.05) is 25.0 Å². The summed E-state index contributed by atoms with van der Waals surface area (Å²) in [5, 5.41) is 2.98. The molecular weight excluding hydrogens is 352 g/mol. The molecule has 0 aliphatic carbocycles. The Bertz CT molecular complexity index is 943. The van der Waals surface area contributed by atoms with Gasteiger partial charge >= 0.3 is 0 Å². The molecule has 28 heavy (non-hydrogen) atoms. The van der Waals surface area contributed by atoms with E-state index in [0.29, 0.717) is 31.1 Å².